The van der Waals surface area contributed by atoms with Crippen LogP contribution in [0.2, 0.25) is 0 Å². The highest BCUT2D eigenvalue weighted by molar-refractivity contribution is 6.08. The maximum atomic E-state index is 15.0. The number of amides is 2. The molecule has 0 unspecified atom stereocenters. The minimum atomic E-state index is -0.935. The van der Waals surface area contributed by atoms with E-state index in [-0.39, 0.29) is 46.9 Å². The van der Waals surface area contributed by atoms with Gasteiger partial charge in [-0.2, -0.15) is 10.4 Å². The van der Waals surface area contributed by atoms with Crippen LogP contribution in [0.5, 0.6) is 0 Å². The van der Waals surface area contributed by atoms with Crippen molar-refractivity contribution >= 4 is 17.8 Å². The molecule has 3 aromatic rings. The minimum absolute atomic E-state index is 0.0345. The Labute approximate surface area is 237 Å². The summed E-state index contributed by atoms with van der Waals surface area (Å²) in [4.78, 5) is 33.6. The quantitative estimate of drug-likeness (QED) is 0.485. The molecule has 5 rings (SSSR count). The fraction of sp³-hybridized carbons (Fsp3) is 0.414. The molecule has 11 nitrogen and oxygen atoms in total. The van der Waals surface area contributed by atoms with Crippen LogP contribution in [-0.4, -0.2) is 72.8 Å². The number of anilines is 1. The zero-order chi connectivity index (χ0) is 30.1. The van der Waals surface area contributed by atoms with Crippen molar-refractivity contribution in [3.05, 3.63) is 59.2 Å². The molecule has 2 aliphatic heterocycles. The molecule has 2 atom stereocenters. The number of nitriles is 1. The van der Waals surface area contributed by atoms with Crippen LogP contribution in [0.25, 0.3) is 16.9 Å². The molecule has 1 fully saturated rings. The highest BCUT2D eigenvalue weighted by Gasteiger charge is 2.39. The van der Waals surface area contributed by atoms with Gasteiger partial charge in [0.2, 0.25) is 0 Å². The Morgan fingerprint density at radius 3 is 2.56 bits per heavy atom. The van der Waals surface area contributed by atoms with Crippen LogP contribution in [0.15, 0.2) is 36.5 Å². The van der Waals surface area contributed by atoms with Gasteiger partial charge >= 0.3 is 6.09 Å². The van der Waals surface area contributed by atoms with E-state index < -0.39 is 35.6 Å². The number of hydrogen-bond acceptors (Lipinski definition) is 9. The first-order valence-corrected chi connectivity index (χ1v) is 13.4. The topological polar surface area (TPSA) is 145 Å². The molecule has 2 aromatic heterocycles. The third-order valence-electron chi connectivity index (χ3n) is 6.54. The molecule has 41 heavy (non-hydrogen) atoms. The predicted molar refractivity (Wildman–Crippen MR) is 148 cm³/mol. The zero-order valence-corrected chi connectivity index (χ0v) is 23.6. The molecule has 4 heterocycles. The molecule has 1 saturated heterocycles. The zero-order valence-electron chi connectivity index (χ0n) is 23.6. The van der Waals surface area contributed by atoms with Crippen molar-refractivity contribution in [3.8, 4) is 23.0 Å². The number of aromatic nitrogens is 3. The first kappa shape index (κ1) is 29.6. The number of carbonyl (C=O) groups excluding carboxylic acids is 2. The van der Waals surface area contributed by atoms with Gasteiger partial charge in [-0.15, -0.1) is 0 Å². The smallest absolute Gasteiger partial charge is 0.417 e. The second kappa shape index (κ2) is 11.6. The Bertz CT molecular complexity index is 1510. The number of halogens is 1. The van der Waals surface area contributed by atoms with Gasteiger partial charge in [-0.1, -0.05) is 19.9 Å². The van der Waals surface area contributed by atoms with Crippen LogP contribution >= 0.6 is 0 Å². The third kappa shape index (κ3) is 5.91. The Morgan fingerprint density at radius 2 is 1.90 bits per heavy atom. The van der Waals surface area contributed by atoms with E-state index in [0.717, 1.165) is 4.90 Å². The molecule has 0 saturated carbocycles. The lowest BCUT2D eigenvalue weighted by Gasteiger charge is -2.33. The average Bonchev–Trinajstić information content (AvgIpc) is 3.55. The highest BCUT2D eigenvalue weighted by Crippen LogP contribution is 2.34. The summed E-state index contributed by atoms with van der Waals surface area (Å²) >= 11 is 0. The molecule has 216 valence electrons. The van der Waals surface area contributed by atoms with Crippen molar-refractivity contribution in [2.24, 2.45) is 0 Å². The highest BCUT2D eigenvalue weighted by atomic mass is 19.1. The first-order valence-electron chi connectivity index (χ1n) is 13.4. The van der Waals surface area contributed by atoms with Gasteiger partial charge in [-0.05, 0) is 45.4 Å². The number of fused-ring (bicyclic) bond motifs is 1. The van der Waals surface area contributed by atoms with Gasteiger partial charge in [0.1, 0.15) is 11.4 Å². The number of aliphatic hydroxyl groups excluding tert-OH is 2. The lowest BCUT2D eigenvalue weighted by Crippen LogP contribution is -2.46. The second-order valence-electron chi connectivity index (χ2n) is 10.5. The van der Waals surface area contributed by atoms with Crippen molar-refractivity contribution in [2.75, 3.05) is 18.0 Å². The number of pyridine rings is 1. The Morgan fingerprint density at radius 1 is 1.17 bits per heavy atom. The summed E-state index contributed by atoms with van der Waals surface area (Å²) in [5.41, 5.74) is -0.169. The number of imide groups is 1. The molecule has 0 aliphatic carbocycles. The first-order chi connectivity index (χ1) is 19.5. The summed E-state index contributed by atoms with van der Waals surface area (Å²) in [6, 6.07) is 9.22. The minimum Gasteiger partial charge on any atom is -0.443 e. The van der Waals surface area contributed by atoms with E-state index in [2.05, 4.69) is 10.1 Å². The Kier molecular flexibility index (Phi) is 8.42. The fourth-order valence-electron chi connectivity index (χ4n) is 4.68. The number of piperidine rings is 1. The maximum absolute atomic E-state index is 15.0. The largest absolute Gasteiger partial charge is 0.443 e. The molecule has 12 heteroatoms. The molecule has 2 aliphatic rings. The number of aliphatic hydroxyl groups is 2. The number of rotatable bonds is 3. The summed E-state index contributed by atoms with van der Waals surface area (Å²) in [6.45, 7) is 9.48. The summed E-state index contributed by atoms with van der Waals surface area (Å²) in [5.74, 6) is -0.815. The standard InChI is InChI=1S/C27H27FN6O5.C2H6/c1-27(2,3)39-26(38)33-13-18-24(25(33)37)19(11-17(30-18)23-15(12-29)5-4-6-16(23)28)34-10-8-22(31-34)32-9-7-20(35)21(36)14-32;1-2/h4-6,8,10-11,20-21,35-36H,7,9,13-14H2,1-3H3;1-2H3/t20-,21+;/m1./s1. The predicted octanol–water partition coefficient (Wildman–Crippen LogP) is 3.79. The number of carbonyl (C=O) groups is 2. The summed E-state index contributed by atoms with van der Waals surface area (Å²) in [7, 11) is 0. The molecule has 1 aromatic carbocycles. The molecular weight excluding hydrogens is 531 g/mol. The number of ether oxygens (including phenoxy) is 1. The van der Waals surface area contributed by atoms with E-state index >= 15 is 0 Å². The second-order valence-corrected chi connectivity index (χ2v) is 10.5. The maximum Gasteiger partial charge on any atom is 0.417 e. The number of β-amino-alcohol motifs (C(OH)–C–C–N with tert-alkyl or cyclic N) is 1. The monoisotopic (exact) mass is 564 g/mol. The van der Waals surface area contributed by atoms with Crippen molar-refractivity contribution < 1.29 is 28.9 Å². The van der Waals surface area contributed by atoms with E-state index in [0.29, 0.717) is 18.8 Å². The number of nitrogens with zero attached hydrogens (tertiary/aromatic N) is 6. The fourth-order valence-corrected chi connectivity index (χ4v) is 4.68. The van der Waals surface area contributed by atoms with E-state index in [4.69, 9.17) is 4.74 Å². The van der Waals surface area contributed by atoms with Gasteiger partial charge in [0.25, 0.3) is 5.91 Å². The lowest BCUT2D eigenvalue weighted by molar-refractivity contribution is 0.00785. The van der Waals surface area contributed by atoms with Crippen LogP contribution in [0.1, 0.15) is 62.7 Å². The Hall–Kier alpha value is -4.34. The van der Waals surface area contributed by atoms with Gasteiger partial charge in [0.05, 0.1) is 58.6 Å². The van der Waals surface area contributed by atoms with Crippen LogP contribution in [-0.2, 0) is 11.3 Å². The van der Waals surface area contributed by atoms with Crippen LogP contribution < -0.4 is 4.90 Å². The average molecular weight is 565 g/mol. The summed E-state index contributed by atoms with van der Waals surface area (Å²) < 4.78 is 21.8. The van der Waals surface area contributed by atoms with Gasteiger partial charge in [0, 0.05) is 25.4 Å². The van der Waals surface area contributed by atoms with E-state index in [1.54, 1.807) is 37.9 Å². The molecular formula is C29H33FN6O5. The molecule has 2 amide bonds. The van der Waals surface area contributed by atoms with E-state index in [1.165, 1.54) is 28.9 Å². The van der Waals surface area contributed by atoms with Gasteiger partial charge < -0.3 is 19.8 Å². The molecule has 0 spiro atoms. The molecule has 2 N–H and O–H groups in total. The number of hydrogen-bond donors (Lipinski definition) is 2. The van der Waals surface area contributed by atoms with Crippen LogP contribution in [0.4, 0.5) is 15.0 Å². The van der Waals surface area contributed by atoms with Crippen molar-refractivity contribution in [1.29, 1.82) is 5.26 Å². The third-order valence-corrected chi connectivity index (χ3v) is 6.54. The van der Waals surface area contributed by atoms with E-state index in [9.17, 15) is 29.5 Å². The van der Waals surface area contributed by atoms with Crippen molar-refractivity contribution in [2.45, 2.75) is 65.4 Å². The Balaban J connectivity index is 0.00000189. The number of benzene rings is 1. The SMILES string of the molecule is CC.CC(C)(C)OC(=O)N1Cc2nc(-c3c(F)cccc3C#N)cc(-n3ccc(N4CC[C@@H](O)[C@@H](O)C4)n3)c2C1=O. The summed E-state index contributed by atoms with van der Waals surface area (Å²) in [6.07, 6.45) is -0.641. The molecule has 0 bridgehead atoms. The van der Waals surface area contributed by atoms with Gasteiger partial charge in [0.15, 0.2) is 5.82 Å². The van der Waals surface area contributed by atoms with Crippen LogP contribution in [0.3, 0.4) is 0 Å². The summed E-state index contributed by atoms with van der Waals surface area (Å²) in [5, 5.41) is 34.2. The van der Waals surface area contributed by atoms with E-state index in [1.807, 2.05) is 19.9 Å². The van der Waals surface area contributed by atoms with Crippen molar-refractivity contribution in [3.63, 3.8) is 0 Å². The molecule has 0 radical (unpaired) electrons. The lowest BCUT2D eigenvalue weighted by atomic mass is 10.0. The normalized spacial score (nSPS) is 18.4. The van der Waals surface area contributed by atoms with Gasteiger partial charge in [-0.25, -0.2) is 23.8 Å². The van der Waals surface area contributed by atoms with Crippen molar-refractivity contribution in [1.82, 2.24) is 19.7 Å². The van der Waals surface area contributed by atoms with Gasteiger partial charge in [-0.3, -0.25) is 4.79 Å². The van der Waals surface area contributed by atoms with Crippen LogP contribution in [0, 0.1) is 17.1 Å².